The predicted octanol–water partition coefficient (Wildman–Crippen LogP) is 4.53. The summed E-state index contributed by atoms with van der Waals surface area (Å²) in [4.78, 5) is 13.3. The summed E-state index contributed by atoms with van der Waals surface area (Å²) in [7, 11) is 0. The second-order valence-electron chi connectivity index (χ2n) is 8.98. The molecule has 34 heavy (non-hydrogen) atoms. The van der Waals surface area contributed by atoms with Crippen molar-refractivity contribution in [3.05, 3.63) is 119 Å². The van der Waals surface area contributed by atoms with Gasteiger partial charge in [0.2, 0.25) is 0 Å². The van der Waals surface area contributed by atoms with Gasteiger partial charge < -0.3 is 0 Å². The molecule has 0 unspecified atom stereocenters. The molecule has 0 bridgehead atoms. The van der Waals surface area contributed by atoms with Gasteiger partial charge in [0.25, 0.3) is 0 Å². The van der Waals surface area contributed by atoms with E-state index in [-0.39, 0.29) is 5.88 Å². The summed E-state index contributed by atoms with van der Waals surface area (Å²) in [5.41, 5.74) is 4.60. The van der Waals surface area contributed by atoms with Crippen LogP contribution in [0.3, 0.4) is 0 Å². The minimum atomic E-state index is -5.18. The topological polar surface area (TPSA) is 26.3 Å². The number of rotatable bonds is 6. The molecule has 0 amide bonds. The van der Waals surface area contributed by atoms with Crippen molar-refractivity contribution in [2.45, 2.75) is 27.7 Å². The van der Waals surface area contributed by atoms with Gasteiger partial charge in [0, 0.05) is 0 Å². The van der Waals surface area contributed by atoms with Crippen LogP contribution in [-0.4, -0.2) is 29.7 Å². The maximum atomic E-state index is 13.3. The number of alkyl halides is 1. The van der Waals surface area contributed by atoms with E-state index in [2.05, 4.69) is 125 Å². The van der Waals surface area contributed by atoms with E-state index in [1.54, 1.807) is 0 Å². The zero-order chi connectivity index (χ0) is 24.4. The Morgan fingerprint density at radius 3 is 1.00 bits per heavy atom. The molecule has 0 fully saturated rings. The molecule has 0 saturated carbocycles. The summed E-state index contributed by atoms with van der Waals surface area (Å²) in [6, 6.07) is 33.9. The Kier molecular flexibility index (Phi) is 6.94. The number of hydrogen-bond acceptors (Lipinski definition) is 2. The van der Waals surface area contributed by atoms with E-state index >= 15 is 0 Å². The summed E-state index contributed by atoms with van der Waals surface area (Å²) in [5.74, 6) is -0.622. The van der Waals surface area contributed by atoms with Gasteiger partial charge in [-0.2, -0.15) is 0 Å². The predicted molar refractivity (Wildman–Crippen MR) is 146 cm³/mol. The summed E-state index contributed by atoms with van der Waals surface area (Å²) >= 11 is 0.946. The van der Waals surface area contributed by atoms with Crippen LogP contribution in [0.4, 0.5) is 0 Å². The second kappa shape index (κ2) is 9.60. The quantitative estimate of drug-likeness (QED) is 0.248. The molecule has 4 aromatic carbocycles. The molecule has 0 aliphatic rings. The first kappa shape index (κ1) is 24.6. The maximum absolute atomic E-state index is 13.3. The van der Waals surface area contributed by atoms with Crippen molar-refractivity contribution in [2.24, 2.45) is 0 Å². The molecule has 2 nitrogen and oxygen atoms in total. The number of halogens is 1. The van der Waals surface area contributed by atoms with Crippen LogP contribution in [0.2, 0.25) is 0 Å². The molecule has 174 valence electrons. The molecule has 0 heterocycles. The zero-order valence-electron chi connectivity index (χ0n) is 20.1. The van der Waals surface area contributed by atoms with E-state index < -0.39 is 23.8 Å². The Balaban J connectivity index is 2.30. The Labute approximate surface area is 209 Å². The van der Waals surface area contributed by atoms with Gasteiger partial charge >= 0.3 is 210 Å². The Morgan fingerprint density at radius 2 is 0.794 bits per heavy atom. The van der Waals surface area contributed by atoms with Crippen LogP contribution in [0, 0.1) is 27.7 Å². The molecule has 4 aromatic rings. The summed E-state index contributed by atoms with van der Waals surface area (Å²) in [6.07, 6.45) is 0. The van der Waals surface area contributed by atoms with Gasteiger partial charge in [0.05, 0.1) is 0 Å². The first-order valence-electron chi connectivity index (χ1n) is 11.4. The van der Waals surface area contributed by atoms with Crippen molar-refractivity contribution in [3.63, 3.8) is 0 Å². The summed E-state index contributed by atoms with van der Waals surface area (Å²) in [5, 5.41) is 0. The SMILES string of the molecule is Cc1cc[c]([Sb]([O]C(=O)CCl)([c]2ccc(C)cc2)([c]2ccc(C)cc2)[c]2ccc(C)cc2)cc1. The standard InChI is InChI=1S/4C7H7.C2H3ClO2.Sb/c4*1-7-5-3-2-4-6-7;3-1-2(4)5;/h4*3-6H,1H3;1H2,(H,4,5);/q;;;;;+1/p-1. The third-order valence-corrected chi connectivity index (χ3v) is 23.0. The van der Waals surface area contributed by atoms with Crippen LogP contribution in [0.25, 0.3) is 0 Å². The molecular weight excluding hydrogens is 550 g/mol. The number of hydrogen-bond donors (Lipinski definition) is 0. The van der Waals surface area contributed by atoms with Crippen LogP contribution < -0.4 is 14.0 Å². The van der Waals surface area contributed by atoms with Crippen LogP contribution in [-0.2, 0) is 7.81 Å². The van der Waals surface area contributed by atoms with E-state index in [9.17, 15) is 4.79 Å². The second-order valence-corrected chi connectivity index (χ2v) is 21.6. The summed E-state index contributed by atoms with van der Waals surface area (Å²) in [6.45, 7) is 8.28. The minimum absolute atomic E-state index is 0.211. The Hall–Kier alpha value is -2.54. The number of carbonyl (C=O) groups is 1. The van der Waals surface area contributed by atoms with Gasteiger partial charge in [-0.1, -0.05) is 0 Å². The molecule has 0 atom stereocenters. The fourth-order valence-electron chi connectivity index (χ4n) is 4.65. The number of aryl methyl sites for hydroxylation is 4. The van der Waals surface area contributed by atoms with E-state index in [4.69, 9.17) is 14.6 Å². The molecule has 0 radical (unpaired) electrons. The molecule has 0 saturated heterocycles. The number of benzene rings is 4. The third kappa shape index (κ3) is 3.98. The van der Waals surface area contributed by atoms with Crippen molar-refractivity contribution in [1.82, 2.24) is 0 Å². The first-order valence-corrected chi connectivity index (χ1v) is 18.1. The van der Waals surface area contributed by atoms with Gasteiger partial charge in [-0.25, -0.2) is 0 Å². The average molecular weight is 580 g/mol. The van der Waals surface area contributed by atoms with Gasteiger partial charge in [0.1, 0.15) is 0 Å². The van der Waals surface area contributed by atoms with Crippen LogP contribution in [0.5, 0.6) is 0 Å². The average Bonchev–Trinajstić information content (AvgIpc) is 2.84. The molecule has 0 N–H and O–H groups in total. The van der Waals surface area contributed by atoms with Crippen LogP contribution in [0.1, 0.15) is 22.3 Å². The van der Waals surface area contributed by atoms with E-state index in [1.165, 1.54) is 0 Å². The Bertz CT molecular complexity index is 1100. The molecule has 0 aliphatic heterocycles. The fourth-order valence-corrected chi connectivity index (χ4v) is 20.8. The van der Waals surface area contributed by atoms with E-state index in [0.29, 0.717) is 0 Å². The zero-order valence-corrected chi connectivity index (χ0v) is 23.4. The molecule has 4 heteroatoms. The van der Waals surface area contributed by atoms with Crippen molar-refractivity contribution >= 4 is 49.4 Å². The van der Waals surface area contributed by atoms with Gasteiger partial charge in [-0.3, -0.25) is 0 Å². The normalized spacial score (nSPS) is 12.6. The van der Waals surface area contributed by atoms with Crippen molar-refractivity contribution < 1.29 is 7.81 Å². The van der Waals surface area contributed by atoms with Crippen molar-refractivity contribution in [3.8, 4) is 0 Å². The van der Waals surface area contributed by atoms with Crippen molar-refractivity contribution in [1.29, 1.82) is 0 Å². The monoisotopic (exact) mass is 578 g/mol. The molecule has 4 rings (SSSR count). The van der Waals surface area contributed by atoms with E-state index in [1.807, 2.05) is 0 Å². The van der Waals surface area contributed by atoms with Gasteiger partial charge in [-0.05, 0) is 0 Å². The molecule has 0 aliphatic carbocycles. The van der Waals surface area contributed by atoms with E-state index in [0.717, 1.165) is 36.3 Å². The van der Waals surface area contributed by atoms with Crippen LogP contribution in [0.15, 0.2) is 97.1 Å². The Morgan fingerprint density at radius 1 is 0.559 bits per heavy atom. The molecule has 0 aromatic heterocycles. The van der Waals surface area contributed by atoms with Gasteiger partial charge in [0.15, 0.2) is 0 Å². The summed E-state index contributed by atoms with van der Waals surface area (Å²) < 4.78 is 11.1. The number of carbonyl (C=O) groups excluding carboxylic acids is 1. The first-order chi connectivity index (χ1) is 16.3. The fraction of sp³-hybridized carbons (Fsp3) is 0.167. The third-order valence-electron chi connectivity index (χ3n) is 6.50. The van der Waals surface area contributed by atoms with Crippen molar-refractivity contribution in [2.75, 3.05) is 5.88 Å². The molecular formula is C30H30ClO2Sb. The van der Waals surface area contributed by atoms with Crippen LogP contribution >= 0.6 is 11.6 Å². The molecule has 0 spiro atoms. The van der Waals surface area contributed by atoms with Gasteiger partial charge in [-0.15, -0.1) is 0 Å².